The molecule has 0 amide bonds. The number of nitrogens with zero attached hydrogens (tertiary/aromatic N) is 2. The van der Waals surface area contributed by atoms with E-state index in [0.29, 0.717) is 6.54 Å². The molecule has 0 saturated heterocycles. The lowest BCUT2D eigenvalue weighted by molar-refractivity contribution is 0.621. The van der Waals surface area contributed by atoms with Gasteiger partial charge in [0.05, 0.1) is 12.6 Å². The predicted molar refractivity (Wildman–Crippen MR) is 71.7 cm³/mol. The Labute approximate surface area is 107 Å². The van der Waals surface area contributed by atoms with Gasteiger partial charge in [-0.2, -0.15) is 5.26 Å². The van der Waals surface area contributed by atoms with E-state index in [1.54, 1.807) is 6.20 Å². The summed E-state index contributed by atoms with van der Waals surface area (Å²) in [4.78, 5) is 4.11. The van der Waals surface area contributed by atoms with Crippen LogP contribution in [0.2, 0.25) is 0 Å². The molecule has 2 aromatic rings. The Hall–Kier alpha value is -2.18. The van der Waals surface area contributed by atoms with Crippen LogP contribution in [-0.4, -0.2) is 11.5 Å². The Kier molecular flexibility index (Phi) is 4.06. The highest BCUT2D eigenvalue weighted by atomic mass is 14.9. The van der Waals surface area contributed by atoms with E-state index in [9.17, 15) is 0 Å². The van der Waals surface area contributed by atoms with E-state index >= 15 is 0 Å². The molecule has 3 nitrogen and oxygen atoms in total. The second-order valence-corrected chi connectivity index (χ2v) is 4.12. The van der Waals surface area contributed by atoms with Gasteiger partial charge < -0.3 is 0 Å². The van der Waals surface area contributed by atoms with Crippen molar-refractivity contribution in [1.29, 1.82) is 5.26 Å². The van der Waals surface area contributed by atoms with Crippen LogP contribution in [0.4, 0.5) is 0 Å². The molecule has 0 fully saturated rings. The number of hydrogen-bond acceptors (Lipinski definition) is 3. The number of benzene rings is 1. The highest BCUT2D eigenvalue weighted by Crippen LogP contribution is 2.20. The Bertz CT molecular complexity index is 526. The standard InChI is InChI=1S/C15H15N3/c1-12(18-10-8-16)13-4-6-14(7-5-13)15-3-2-9-17-11-15/h2-7,9,11-12,18H,10H2,1H3/t12-/m1/s1. The van der Waals surface area contributed by atoms with Crippen molar-refractivity contribution in [2.24, 2.45) is 0 Å². The van der Waals surface area contributed by atoms with Gasteiger partial charge in [-0.1, -0.05) is 30.3 Å². The molecule has 0 aliphatic carbocycles. The number of rotatable bonds is 4. The molecule has 0 bridgehead atoms. The Morgan fingerprint density at radius 1 is 1.22 bits per heavy atom. The van der Waals surface area contributed by atoms with Crippen molar-refractivity contribution in [1.82, 2.24) is 10.3 Å². The molecule has 1 atom stereocenters. The molecule has 0 spiro atoms. The summed E-state index contributed by atoms with van der Waals surface area (Å²) in [6.45, 7) is 2.42. The molecular formula is C15H15N3. The molecular weight excluding hydrogens is 222 g/mol. The summed E-state index contributed by atoms with van der Waals surface area (Å²) in [6.07, 6.45) is 3.62. The Morgan fingerprint density at radius 2 is 2.00 bits per heavy atom. The van der Waals surface area contributed by atoms with E-state index in [1.807, 2.05) is 18.3 Å². The van der Waals surface area contributed by atoms with Gasteiger partial charge >= 0.3 is 0 Å². The van der Waals surface area contributed by atoms with Crippen LogP contribution in [0.1, 0.15) is 18.5 Å². The van der Waals surface area contributed by atoms with E-state index in [4.69, 9.17) is 5.26 Å². The van der Waals surface area contributed by atoms with Gasteiger partial charge in [0.15, 0.2) is 0 Å². The average Bonchev–Trinajstić information content (AvgIpc) is 2.46. The van der Waals surface area contributed by atoms with Crippen molar-refractivity contribution in [3.8, 4) is 17.2 Å². The highest BCUT2D eigenvalue weighted by molar-refractivity contribution is 5.62. The third kappa shape index (κ3) is 2.93. The molecule has 90 valence electrons. The van der Waals surface area contributed by atoms with Crippen molar-refractivity contribution in [2.45, 2.75) is 13.0 Å². The van der Waals surface area contributed by atoms with Crippen molar-refractivity contribution in [3.63, 3.8) is 0 Å². The minimum absolute atomic E-state index is 0.188. The van der Waals surface area contributed by atoms with Gasteiger partial charge in [0, 0.05) is 18.4 Å². The third-order valence-electron chi connectivity index (χ3n) is 2.89. The van der Waals surface area contributed by atoms with Gasteiger partial charge in [-0.3, -0.25) is 10.3 Å². The maximum Gasteiger partial charge on any atom is 0.0845 e. The molecule has 18 heavy (non-hydrogen) atoms. The molecule has 1 aromatic heterocycles. The number of nitrogens with one attached hydrogen (secondary N) is 1. The topological polar surface area (TPSA) is 48.7 Å². The number of pyridine rings is 1. The second-order valence-electron chi connectivity index (χ2n) is 4.12. The fourth-order valence-electron chi connectivity index (χ4n) is 1.81. The lowest BCUT2D eigenvalue weighted by Gasteiger charge is -2.12. The van der Waals surface area contributed by atoms with Crippen molar-refractivity contribution in [3.05, 3.63) is 54.4 Å². The molecule has 3 heteroatoms. The number of nitriles is 1. The zero-order valence-corrected chi connectivity index (χ0v) is 10.3. The number of aromatic nitrogens is 1. The van der Waals surface area contributed by atoms with Crippen molar-refractivity contribution in [2.75, 3.05) is 6.54 Å². The second kappa shape index (κ2) is 5.95. The van der Waals surface area contributed by atoms with Gasteiger partial charge in [0.25, 0.3) is 0 Å². The molecule has 1 heterocycles. The van der Waals surface area contributed by atoms with Gasteiger partial charge in [-0.15, -0.1) is 0 Å². The zero-order valence-electron chi connectivity index (χ0n) is 10.3. The van der Waals surface area contributed by atoms with Crippen LogP contribution < -0.4 is 5.32 Å². The monoisotopic (exact) mass is 237 g/mol. The molecule has 0 aliphatic heterocycles. The Balaban J connectivity index is 2.13. The molecule has 0 radical (unpaired) electrons. The summed E-state index contributed by atoms with van der Waals surface area (Å²) in [6, 6.07) is 14.6. The summed E-state index contributed by atoms with van der Waals surface area (Å²) in [7, 11) is 0. The first-order valence-electron chi connectivity index (χ1n) is 5.92. The van der Waals surface area contributed by atoms with Crippen molar-refractivity contribution < 1.29 is 0 Å². The van der Waals surface area contributed by atoms with Crippen LogP contribution in [-0.2, 0) is 0 Å². The molecule has 0 saturated carbocycles. The summed E-state index contributed by atoms with van der Waals surface area (Å²) in [5, 5.41) is 11.7. The highest BCUT2D eigenvalue weighted by Gasteiger charge is 2.04. The molecule has 2 rings (SSSR count). The summed E-state index contributed by atoms with van der Waals surface area (Å²) in [5.74, 6) is 0. The first kappa shape index (κ1) is 12.3. The third-order valence-corrected chi connectivity index (χ3v) is 2.89. The maximum absolute atomic E-state index is 8.54. The normalized spacial score (nSPS) is 11.8. The lowest BCUT2D eigenvalue weighted by Crippen LogP contribution is -2.18. The first-order valence-corrected chi connectivity index (χ1v) is 5.92. The minimum atomic E-state index is 0.188. The molecule has 1 N–H and O–H groups in total. The van der Waals surface area contributed by atoms with E-state index in [0.717, 1.165) is 11.1 Å². The van der Waals surface area contributed by atoms with Gasteiger partial charge in [-0.25, -0.2) is 0 Å². The zero-order chi connectivity index (χ0) is 12.8. The van der Waals surface area contributed by atoms with Crippen molar-refractivity contribution >= 4 is 0 Å². The maximum atomic E-state index is 8.54. The first-order chi connectivity index (χ1) is 8.81. The molecule has 0 aliphatic rings. The molecule has 1 aromatic carbocycles. The van der Waals surface area contributed by atoms with Crippen LogP contribution >= 0.6 is 0 Å². The van der Waals surface area contributed by atoms with Crippen LogP contribution in [0, 0.1) is 11.3 Å². The van der Waals surface area contributed by atoms with E-state index in [1.165, 1.54) is 5.56 Å². The summed E-state index contributed by atoms with van der Waals surface area (Å²) < 4.78 is 0. The summed E-state index contributed by atoms with van der Waals surface area (Å²) >= 11 is 0. The number of hydrogen-bond donors (Lipinski definition) is 1. The van der Waals surface area contributed by atoms with Crippen LogP contribution in [0.5, 0.6) is 0 Å². The van der Waals surface area contributed by atoms with Gasteiger partial charge in [0.2, 0.25) is 0 Å². The van der Waals surface area contributed by atoms with Crippen LogP contribution in [0.3, 0.4) is 0 Å². The smallest absolute Gasteiger partial charge is 0.0845 e. The minimum Gasteiger partial charge on any atom is -0.298 e. The van der Waals surface area contributed by atoms with E-state index in [-0.39, 0.29) is 6.04 Å². The van der Waals surface area contributed by atoms with Gasteiger partial charge in [-0.05, 0) is 29.7 Å². The predicted octanol–water partition coefficient (Wildman–Crippen LogP) is 2.92. The van der Waals surface area contributed by atoms with E-state index < -0.39 is 0 Å². The quantitative estimate of drug-likeness (QED) is 0.832. The SMILES string of the molecule is C[C@@H](NCC#N)c1ccc(-c2cccnc2)cc1. The Morgan fingerprint density at radius 3 is 2.61 bits per heavy atom. The van der Waals surface area contributed by atoms with Crippen LogP contribution in [0.25, 0.3) is 11.1 Å². The van der Waals surface area contributed by atoms with Crippen LogP contribution in [0.15, 0.2) is 48.8 Å². The fourth-order valence-corrected chi connectivity index (χ4v) is 1.81. The van der Waals surface area contributed by atoms with Gasteiger partial charge in [0.1, 0.15) is 0 Å². The fraction of sp³-hybridized carbons (Fsp3) is 0.200. The summed E-state index contributed by atoms with van der Waals surface area (Å²) in [5.41, 5.74) is 3.44. The average molecular weight is 237 g/mol. The van der Waals surface area contributed by atoms with E-state index in [2.05, 4.69) is 47.6 Å². The lowest BCUT2D eigenvalue weighted by atomic mass is 10.0. The largest absolute Gasteiger partial charge is 0.298 e. The molecule has 0 unspecified atom stereocenters.